The Morgan fingerprint density at radius 3 is 2.38 bits per heavy atom. The Balaban J connectivity index is 2.37. The normalized spacial score (nSPS) is 16.0. The highest BCUT2D eigenvalue weighted by atomic mass is 15.2. The standard InChI is InChI=1S/C19H22N2/c1-5-10-18(11-6-2)20-14-15-21(17(4)16(20)3)19-12-8-7-9-13-19/h5-15H,1H2,2-4H3/b11-6-,18-10+. The number of benzene rings is 1. The molecule has 1 aliphatic heterocycles. The molecule has 1 heterocycles. The third-order valence-corrected chi connectivity index (χ3v) is 3.55. The molecule has 2 nitrogen and oxygen atoms in total. The van der Waals surface area contributed by atoms with E-state index < -0.39 is 0 Å². The molecule has 2 heteroatoms. The van der Waals surface area contributed by atoms with E-state index in [4.69, 9.17) is 0 Å². The third kappa shape index (κ3) is 3.16. The molecule has 0 radical (unpaired) electrons. The van der Waals surface area contributed by atoms with Crippen LogP contribution in [0.15, 0.2) is 90.7 Å². The summed E-state index contributed by atoms with van der Waals surface area (Å²) in [6.07, 6.45) is 12.1. The Hall–Kier alpha value is -2.48. The highest BCUT2D eigenvalue weighted by Crippen LogP contribution is 2.29. The molecule has 1 aromatic rings. The molecule has 0 atom stereocenters. The topological polar surface area (TPSA) is 6.48 Å². The summed E-state index contributed by atoms with van der Waals surface area (Å²) in [5.74, 6) is 0. The first-order valence-corrected chi connectivity index (χ1v) is 7.13. The molecular formula is C19H22N2. The van der Waals surface area contributed by atoms with Gasteiger partial charge in [-0.3, -0.25) is 0 Å². The number of para-hydroxylation sites is 1. The lowest BCUT2D eigenvalue weighted by molar-refractivity contribution is 0.568. The van der Waals surface area contributed by atoms with Crippen LogP contribution in [-0.2, 0) is 0 Å². The molecular weight excluding hydrogens is 256 g/mol. The zero-order chi connectivity index (χ0) is 15.2. The molecule has 21 heavy (non-hydrogen) atoms. The minimum Gasteiger partial charge on any atom is -0.318 e. The van der Waals surface area contributed by atoms with Crippen molar-refractivity contribution in [3.8, 4) is 0 Å². The number of hydrogen-bond donors (Lipinski definition) is 0. The summed E-state index contributed by atoms with van der Waals surface area (Å²) in [5, 5.41) is 0. The summed E-state index contributed by atoms with van der Waals surface area (Å²) in [4.78, 5) is 4.38. The van der Waals surface area contributed by atoms with Gasteiger partial charge < -0.3 is 9.80 Å². The van der Waals surface area contributed by atoms with Gasteiger partial charge in [-0.1, -0.05) is 36.9 Å². The van der Waals surface area contributed by atoms with Crippen molar-refractivity contribution in [1.29, 1.82) is 0 Å². The number of nitrogens with zero attached hydrogens (tertiary/aromatic N) is 2. The van der Waals surface area contributed by atoms with Gasteiger partial charge in [0.25, 0.3) is 0 Å². The Morgan fingerprint density at radius 1 is 1.05 bits per heavy atom. The van der Waals surface area contributed by atoms with Crippen molar-refractivity contribution in [2.24, 2.45) is 0 Å². The zero-order valence-electron chi connectivity index (χ0n) is 13.0. The average Bonchev–Trinajstić information content (AvgIpc) is 2.51. The van der Waals surface area contributed by atoms with Crippen LogP contribution in [-0.4, -0.2) is 4.90 Å². The van der Waals surface area contributed by atoms with Crippen LogP contribution in [0.2, 0.25) is 0 Å². The van der Waals surface area contributed by atoms with Crippen LogP contribution in [0.4, 0.5) is 5.69 Å². The predicted molar refractivity (Wildman–Crippen MR) is 91.4 cm³/mol. The fourth-order valence-electron chi connectivity index (χ4n) is 2.36. The maximum Gasteiger partial charge on any atom is 0.0453 e. The van der Waals surface area contributed by atoms with Crippen molar-refractivity contribution < 1.29 is 0 Å². The van der Waals surface area contributed by atoms with E-state index >= 15 is 0 Å². The molecule has 0 aromatic heterocycles. The Labute approximate surface area is 127 Å². The molecule has 0 N–H and O–H groups in total. The molecule has 0 saturated heterocycles. The summed E-state index contributed by atoms with van der Waals surface area (Å²) in [7, 11) is 0. The highest BCUT2D eigenvalue weighted by molar-refractivity contribution is 5.57. The molecule has 0 saturated carbocycles. The first-order chi connectivity index (χ1) is 10.2. The fourth-order valence-corrected chi connectivity index (χ4v) is 2.36. The van der Waals surface area contributed by atoms with Crippen molar-refractivity contribution in [3.63, 3.8) is 0 Å². The van der Waals surface area contributed by atoms with E-state index in [1.807, 2.05) is 31.2 Å². The quantitative estimate of drug-likeness (QED) is 0.700. The summed E-state index contributed by atoms with van der Waals surface area (Å²) < 4.78 is 0. The van der Waals surface area contributed by atoms with Crippen molar-refractivity contribution in [2.45, 2.75) is 20.8 Å². The number of anilines is 1. The van der Waals surface area contributed by atoms with Crippen LogP contribution < -0.4 is 4.90 Å². The van der Waals surface area contributed by atoms with Gasteiger partial charge >= 0.3 is 0 Å². The maximum atomic E-state index is 3.80. The molecule has 0 bridgehead atoms. The minimum absolute atomic E-state index is 1.10. The van der Waals surface area contributed by atoms with Crippen molar-refractivity contribution in [3.05, 3.63) is 90.7 Å². The van der Waals surface area contributed by atoms with E-state index in [1.54, 1.807) is 0 Å². The van der Waals surface area contributed by atoms with Crippen molar-refractivity contribution >= 4 is 5.69 Å². The van der Waals surface area contributed by atoms with Crippen molar-refractivity contribution in [1.82, 2.24) is 4.90 Å². The summed E-state index contributed by atoms with van der Waals surface area (Å²) in [5.41, 5.74) is 4.69. The first kappa shape index (κ1) is 14.9. The molecule has 0 unspecified atom stereocenters. The lowest BCUT2D eigenvalue weighted by Crippen LogP contribution is -2.27. The first-order valence-electron chi connectivity index (χ1n) is 7.13. The zero-order valence-corrected chi connectivity index (χ0v) is 13.0. The molecule has 1 aliphatic rings. The van der Waals surface area contributed by atoms with Crippen LogP contribution in [0, 0.1) is 0 Å². The van der Waals surface area contributed by atoms with Crippen molar-refractivity contribution in [2.75, 3.05) is 4.90 Å². The second kappa shape index (κ2) is 6.80. The van der Waals surface area contributed by atoms with Gasteiger partial charge in [-0.15, -0.1) is 0 Å². The summed E-state index contributed by atoms with van der Waals surface area (Å²) >= 11 is 0. The molecule has 0 spiro atoms. The van der Waals surface area contributed by atoms with Crippen LogP contribution >= 0.6 is 0 Å². The number of allylic oxidation sites excluding steroid dienone is 6. The predicted octanol–water partition coefficient (Wildman–Crippen LogP) is 5.18. The van der Waals surface area contributed by atoms with E-state index in [0.29, 0.717) is 0 Å². The Bertz CT molecular complexity index is 618. The summed E-state index contributed by atoms with van der Waals surface area (Å²) in [6, 6.07) is 10.4. The smallest absolute Gasteiger partial charge is 0.0453 e. The monoisotopic (exact) mass is 278 g/mol. The minimum atomic E-state index is 1.10. The Kier molecular flexibility index (Phi) is 4.83. The number of hydrogen-bond acceptors (Lipinski definition) is 2. The van der Waals surface area contributed by atoms with Crippen LogP contribution in [0.25, 0.3) is 0 Å². The highest BCUT2D eigenvalue weighted by Gasteiger charge is 2.18. The van der Waals surface area contributed by atoms with Crippen LogP contribution in [0.5, 0.6) is 0 Å². The lowest BCUT2D eigenvalue weighted by atomic mass is 10.2. The van der Waals surface area contributed by atoms with E-state index in [9.17, 15) is 0 Å². The lowest BCUT2D eigenvalue weighted by Gasteiger charge is -2.34. The third-order valence-electron chi connectivity index (χ3n) is 3.55. The summed E-state index contributed by atoms with van der Waals surface area (Å²) in [6.45, 7) is 10.1. The van der Waals surface area contributed by atoms with Gasteiger partial charge in [-0.05, 0) is 45.1 Å². The van der Waals surface area contributed by atoms with Gasteiger partial charge in [0, 0.05) is 35.2 Å². The molecule has 0 aliphatic carbocycles. The fraction of sp³-hybridized carbons (Fsp3) is 0.158. The average molecular weight is 278 g/mol. The van der Waals surface area contributed by atoms with Gasteiger partial charge in [0.15, 0.2) is 0 Å². The van der Waals surface area contributed by atoms with Gasteiger partial charge in [0.05, 0.1) is 0 Å². The van der Waals surface area contributed by atoms with Gasteiger partial charge in [-0.2, -0.15) is 0 Å². The SMILES string of the molecule is C=C/C=C(\C=C/C)N1C=CN(c2ccccc2)C(C)=C1C. The second-order valence-electron chi connectivity index (χ2n) is 4.87. The van der Waals surface area contributed by atoms with Gasteiger partial charge in [0.1, 0.15) is 0 Å². The van der Waals surface area contributed by atoms with E-state index in [0.717, 1.165) is 5.70 Å². The van der Waals surface area contributed by atoms with Gasteiger partial charge in [0.2, 0.25) is 0 Å². The van der Waals surface area contributed by atoms with E-state index in [2.05, 4.69) is 73.0 Å². The second-order valence-corrected chi connectivity index (χ2v) is 4.87. The number of rotatable bonds is 4. The maximum absolute atomic E-state index is 3.80. The molecule has 108 valence electrons. The largest absolute Gasteiger partial charge is 0.318 e. The Morgan fingerprint density at radius 2 is 1.76 bits per heavy atom. The molecule has 0 fully saturated rings. The van der Waals surface area contributed by atoms with Gasteiger partial charge in [-0.25, -0.2) is 0 Å². The van der Waals surface area contributed by atoms with E-state index in [1.165, 1.54) is 17.1 Å². The molecule has 2 rings (SSSR count). The molecule has 0 amide bonds. The molecule has 1 aromatic carbocycles. The van der Waals surface area contributed by atoms with Crippen LogP contribution in [0.3, 0.4) is 0 Å². The van der Waals surface area contributed by atoms with E-state index in [-0.39, 0.29) is 0 Å². The van der Waals surface area contributed by atoms with Crippen LogP contribution in [0.1, 0.15) is 20.8 Å².